The van der Waals surface area contributed by atoms with Gasteiger partial charge in [0.05, 0.1) is 102 Å². The van der Waals surface area contributed by atoms with Gasteiger partial charge in [-0.2, -0.15) is 0 Å². The number of methoxy groups -OCH3 is 5. The fourth-order valence-electron chi connectivity index (χ4n) is 8.52. The minimum absolute atomic E-state index is 0.0605. The van der Waals surface area contributed by atoms with Gasteiger partial charge >= 0.3 is 11.9 Å². The molecule has 14 nitrogen and oxygen atoms in total. The topological polar surface area (TPSA) is 148 Å². The molecule has 1 fully saturated rings. The minimum atomic E-state index is -0.800. The molecule has 2 atom stereocenters. The summed E-state index contributed by atoms with van der Waals surface area (Å²) in [5.41, 5.74) is 5.68. The quantitative estimate of drug-likeness (QED) is 0.0641. The van der Waals surface area contributed by atoms with Crippen molar-refractivity contribution in [3.8, 4) is 28.7 Å². The molecule has 60 heavy (non-hydrogen) atoms. The lowest BCUT2D eigenvalue weighted by atomic mass is 9.84. The zero-order valence-electron chi connectivity index (χ0n) is 35.8. The van der Waals surface area contributed by atoms with Gasteiger partial charge in [0, 0.05) is 42.9 Å². The van der Waals surface area contributed by atoms with Gasteiger partial charge in [0.1, 0.15) is 30.7 Å². The Kier molecular flexibility index (Phi) is 16.9. The van der Waals surface area contributed by atoms with Crippen LogP contribution in [0.3, 0.4) is 0 Å². The van der Waals surface area contributed by atoms with E-state index in [2.05, 4.69) is 7.05 Å². The monoisotopic (exact) mass is 856 g/mol. The molecule has 0 bridgehead atoms. The molecule has 3 aromatic rings. The average molecular weight is 857 g/mol. The molecule has 1 saturated heterocycles. The summed E-state index contributed by atoms with van der Waals surface area (Å²) in [7, 11) is 10.1. The molecule has 0 saturated carbocycles. The molecule has 0 aromatic heterocycles. The Morgan fingerprint density at radius 1 is 0.767 bits per heavy atom. The number of rotatable bonds is 21. The summed E-state index contributed by atoms with van der Waals surface area (Å²) in [5, 5.41) is 19.9. The van der Waals surface area contributed by atoms with Crippen molar-refractivity contribution in [1.82, 2.24) is 0 Å². The lowest BCUT2D eigenvalue weighted by molar-refractivity contribution is -0.947. The third-order valence-corrected chi connectivity index (χ3v) is 12.1. The van der Waals surface area contributed by atoms with Crippen LogP contribution >= 0.6 is 11.6 Å². The molecule has 0 amide bonds. The molecule has 3 aromatic carbocycles. The highest BCUT2D eigenvalue weighted by Crippen LogP contribution is 2.43. The Bertz CT molecular complexity index is 1940. The van der Waals surface area contributed by atoms with Crippen LogP contribution in [-0.2, 0) is 56.4 Å². The van der Waals surface area contributed by atoms with E-state index in [1.54, 1.807) is 35.5 Å². The number of fused-ring (bicyclic) bond motifs is 1. The Balaban J connectivity index is 1.17. The lowest BCUT2D eigenvalue weighted by Gasteiger charge is -2.46. The first-order chi connectivity index (χ1) is 28.9. The van der Waals surface area contributed by atoms with Gasteiger partial charge in [0.2, 0.25) is 5.75 Å². The van der Waals surface area contributed by atoms with Gasteiger partial charge < -0.3 is 57.1 Å². The first kappa shape index (κ1) is 46.5. The standard InChI is InChI=1S/C45H61ClN2O12/c1-47(14-11-33-25-34(29-49)35(30-50)26-36(33)38(47)21-32-23-41(55-4)44(57-6)42(24-32)56-5)12-7-18-60-45(52)37(46)27-43(51)59-17-8-13-48(15-19-58-20-16-48)28-31-9-10-39(53-2)40(22-31)54-3/h9-10,22-27,38,49-50H,7-8,11-21,28-30H2,1-6H3/q+2/t38-,47-/m1/s1. The van der Waals surface area contributed by atoms with Crippen molar-refractivity contribution in [3.63, 3.8) is 0 Å². The molecule has 0 radical (unpaired) electrons. The maximum atomic E-state index is 12.9. The normalized spacial score (nSPS) is 18.6. The lowest BCUT2D eigenvalue weighted by Crippen LogP contribution is -2.55. The number of quaternary nitrogens is 2. The number of aliphatic hydroxyl groups excluding tert-OH is 2. The van der Waals surface area contributed by atoms with Crippen LogP contribution in [0.1, 0.15) is 52.3 Å². The van der Waals surface area contributed by atoms with E-state index in [0.29, 0.717) is 83.4 Å². The van der Waals surface area contributed by atoms with E-state index >= 15 is 0 Å². The Morgan fingerprint density at radius 3 is 2.02 bits per heavy atom. The van der Waals surface area contributed by atoms with E-state index in [9.17, 15) is 19.8 Å². The van der Waals surface area contributed by atoms with Crippen LogP contribution in [0.5, 0.6) is 28.7 Å². The molecule has 0 aliphatic carbocycles. The van der Waals surface area contributed by atoms with Crippen molar-refractivity contribution in [3.05, 3.63) is 87.0 Å². The second-order valence-corrected chi connectivity index (χ2v) is 15.9. The number of halogens is 1. The highest BCUT2D eigenvalue weighted by atomic mass is 35.5. The molecule has 328 valence electrons. The van der Waals surface area contributed by atoms with Crippen molar-refractivity contribution < 1.29 is 66.7 Å². The van der Waals surface area contributed by atoms with Gasteiger partial charge in [-0.1, -0.05) is 17.7 Å². The zero-order valence-corrected chi connectivity index (χ0v) is 36.5. The van der Waals surface area contributed by atoms with Gasteiger partial charge in [0.15, 0.2) is 23.0 Å². The van der Waals surface area contributed by atoms with Crippen molar-refractivity contribution >= 4 is 23.5 Å². The number of hydrogen-bond acceptors (Lipinski definition) is 12. The first-order valence-electron chi connectivity index (χ1n) is 20.3. The molecule has 2 N–H and O–H groups in total. The van der Waals surface area contributed by atoms with Gasteiger partial charge in [-0.3, -0.25) is 0 Å². The second-order valence-electron chi connectivity index (χ2n) is 15.5. The van der Waals surface area contributed by atoms with E-state index in [1.807, 2.05) is 42.5 Å². The minimum Gasteiger partial charge on any atom is -0.493 e. The molecule has 0 spiro atoms. The van der Waals surface area contributed by atoms with Gasteiger partial charge in [0.25, 0.3) is 0 Å². The SMILES string of the molecule is COc1ccc(C[N+]2(CCCOC(=O)C=C(Cl)C(=O)OCCC[N@+]3(C)CCc4cc(CO)c(CO)cc4[C@H]3Cc3cc(OC)c(OC)c(OC)c3)CCOCC2)cc1OC. The number of nitrogens with zero attached hydrogens (tertiary/aromatic N) is 2. The molecule has 2 aliphatic heterocycles. The van der Waals surface area contributed by atoms with Crippen molar-refractivity contribution in [1.29, 1.82) is 0 Å². The Morgan fingerprint density at radius 2 is 1.38 bits per heavy atom. The number of carbonyl (C=O) groups excluding carboxylic acids is 2. The molecular formula is C45H61ClN2O12+2. The van der Waals surface area contributed by atoms with Crippen LogP contribution in [0.25, 0.3) is 0 Å². The second kappa shape index (κ2) is 21.8. The van der Waals surface area contributed by atoms with Gasteiger partial charge in [-0.15, -0.1) is 0 Å². The average Bonchev–Trinajstić information content (AvgIpc) is 3.26. The maximum absolute atomic E-state index is 12.9. The molecule has 0 unspecified atom stereocenters. The summed E-state index contributed by atoms with van der Waals surface area (Å²) in [6.07, 6.45) is 3.47. The number of carbonyl (C=O) groups is 2. The summed E-state index contributed by atoms with van der Waals surface area (Å²) in [5.74, 6) is 1.44. The Hall–Kier alpha value is -4.57. The summed E-state index contributed by atoms with van der Waals surface area (Å²) < 4.78 is 45.8. The number of likely N-dealkylation sites (N-methyl/N-ethyl adjacent to an activating group) is 1. The van der Waals surface area contributed by atoms with E-state index in [1.165, 1.54) is 0 Å². The van der Waals surface area contributed by atoms with Crippen LogP contribution in [0.2, 0.25) is 0 Å². The number of aliphatic hydroxyl groups is 2. The number of morpholine rings is 1. The van der Waals surface area contributed by atoms with Crippen molar-refractivity contribution in [2.75, 3.05) is 102 Å². The summed E-state index contributed by atoms with van der Waals surface area (Å²) in [6, 6.07) is 13.8. The zero-order chi connectivity index (χ0) is 43.3. The fraction of sp³-hybridized carbons (Fsp3) is 0.511. The van der Waals surface area contributed by atoms with Crippen LogP contribution in [0.15, 0.2) is 53.6 Å². The number of hydrogen-bond donors (Lipinski definition) is 2. The fourth-order valence-corrected chi connectivity index (χ4v) is 8.66. The predicted octanol–water partition coefficient (Wildman–Crippen LogP) is 5.04. The van der Waals surface area contributed by atoms with Gasteiger partial charge in [-0.05, 0) is 58.7 Å². The highest BCUT2D eigenvalue weighted by Gasteiger charge is 2.40. The third kappa shape index (κ3) is 11.4. The summed E-state index contributed by atoms with van der Waals surface area (Å²) in [4.78, 5) is 25.6. The van der Waals surface area contributed by atoms with Gasteiger partial charge in [-0.25, -0.2) is 9.59 Å². The Labute approximate surface area is 358 Å². The number of ether oxygens (including phenoxy) is 8. The van der Waals surface area contributed by atoms with E-state index in [4.69, 9.17) is 49.5 Å². The van der Waals surface area contributed by atoms with Crippen LogP contribution < -0.4 is 23.7 Å². The van der Waals surface area contributed by atoms with E-state index in [-0.39, 0.29) is 37.5 Å². The highest BCUT2D eigenvalue weighted by molar-refractivity contribution is 6.42. The molecule has 5 rings (SSSR count). The smallest absolute Gasteiger partial charge is 0.350 e. The summed E-state index contributed by atoms with van der Waals surface area (Å²) >= 11 is 6.25. The van der Waals surface area contributed by atoms with Crippen molar-refractivity contribution in [2.45, 2.75) is 51.5 Å². The molecular weight excluding hydrogens is 796 g/mol. The summed E-state index contributed by atoms with van der Waals surface area (Å²) in [6.45, 7) is 5.82. The largest absolute Gasteiger partial charge is 0.493 e. The molecule has 2 heterocycles. The predicted molar refractivity (Wildman–Crippen MR) is 224 cm³/mol. The maximum Gasteiger partial charge on any atom is 0.350 e. The number of benzene rings is 3. The number of esters is 2. The third-order valence-electron chi connectivity index (χ3n) is 11.9. The van der Waals surface area contributed by atoms with E-state index < -0.39 is 11.9 Å². The van der Waals surface area contributed by atoms with Crippen LogP contribution in [0.4, 0.5) is 0 Å². The molecule has 2 aliphatic rings. The van der Waals surface area contributed by atoms with Crippen LogP contribution in [-0.4, -0.2) is 133 Å². The van der Waals surface area contributed by atoms with Crippen molar-refractivity contribution in [2.24, 2.45) is 0 Å². The first-order valence-corrected chi connectivity index (χ1v) is 20.7. The van der Waals surface area contributed by atoms with Crippen LogP contribution in [0, 0.1) is 0 Å². The van der Waals surface area contributed by atoms with E-state index in [0.717, 1.165) is 72.0 Å². The molecule has 15 heteroatoms.